The van der Waals surface area contributed by atoms with Crippen molar-refractivity contribution in [2.24, 2.45) is 0 Å². The fourth-order valence-corrected chi connectivity index (χ4v) is 5.01. The Labute approximate surface area is 169 Å². The lowest BCUT2D eigenvalue weighted by molar-refractivity contribution is -0.124. The summed E-state index contributed by atoms with van der Waals surface area (Å²) in [6.07, 6.45) is 2.05. The van der Waals surface area contributed by atoms with Gasteiger partial charge in [0, 0.05) is 23.1 Å². The van der Waals surface area contributed by atoms with Gasteiger partial charge in [0.15, 0.2) is 0 Å². The Morgan fingerprint density at radius 1 is 1.04 bits per heavy atom. The van der Waals surface area contributed by atoms with Crippen LogP contribution in [0, 0.1) is 0 Å². The highest BCUT2D eigenvalue weighted by atomic mass is 35.5. The maximum Gasteiger partial charge on any atom is 0.244 e. The first-order valence-corrected chi connectivity index (χ1v) is 10.9. The Bertz CT molecular complexity index is 917. The van der Waals surface area contributed by atoms with Gasteiger partial charge in [-0.15, -0.1) is 0 Å². The van der Waals surface area contributed by atoms with Crippen LogP contribution < -0.4 is 5.32 Å². The van der Waals surface area contributed by atoms with E-state index in [4.69, 9.17) is 23.2 Å². The molecule has 1 heterocycles. The maximum absolute atomic E-state index is 13.4. The average Bonchev–Trinajstić information content (AvgIpc) is 2.85. The van der Waals surface area contributed by atoms with E-state index in [1.807, 2.05) is 0 Å². The summed E-state index contributed by atoms with van der Waals surface area (Å²) < 4.78 is 28.0. The zero-order chi connectivity index (χ0) is 19.4. The lowest BCUT2D eigenvalue weighted by atomic mass is 10.1. The van der Waals surface area contributed by atoms with Gasteiger partial charge in [-0.1, -0.05) is 41.4 Å². The Morgan fingerprint density at radius 2 is 1.74 bits per heavy atom. The second-order valence-corrected chi connectivity index (χ2v) is 9.13. The Balaban J connectivity index is 2.04. The zero-order valence-corrected chi connectivity index (χ0v) is 16.9. The molecule has 0 radical (unpaired) electrons. The number of hydrogen-bond donors (Lipinski definition) is 1. The minimum atomic E-state index is -3.93. The van der Waals surface area contributed by atoms with Crippen LogP contribution in [-0.2, 0) is 21.4 Å². The quantitative estimate of drug-likeness (QED) is 0.788. The molecule has 27 heavy (non-hydrogen) atoms. The average molecular weight is 427 g/mol. The van der Waals surface area contributed by atoms with Crippen molar-refractivity contribution in [1.29, 1.82) is 0 Å². The molecule has 1 N–H and O–H groups in total. The van der Waals surface area contributed by atoms with Crippen LogP contribution in [-0.4, -0.2) is 31.2 Å². The number of hydrogen-bond acceptors (Lipinski definition) is 3. The smallest absolute Gasteiger partial charge is 0.244 e. The summed E-state index contributed by atoms with van der Waals surface area (Å²) in [5.74, 6) is -0.280. The molecule has 1 amide bonds. The standard InChI is InChI=1S/C19H20Cl2N2O3S/c20-15-8-10-16(11-9-15)27(25,26)23(13-14-5-1-2-6-17(14)21)18-7-3-4-12-22-19(18)24/h1-2,5-6,8-11,18H,3-4,7,12-13H2,(H,22,24). The third-order valence-corrected chi connectivity index (χ3v) is 7.05. The van der Waals surface area contributed by atoms with Crippen LogP contribution in [0.3, 0.4) is 0 Å². The number of carbonyl (C=O) groups excluding carboxylic acids is 1. The molecule has 1 fully saturated rings. The highest BCUT2D eigenvalue weighted by Gasteiger charge is 2.36. The van der Waals surface area contributed by atoms with E-state index < -0.39 is 16.1 Å². The summed E-state index contributed by atoms with van der Waals surface area (Å²) in [6.45, 7) is 0.568. The monoisotopic (exact) mass is 426 g/mol. The molecule has 0 spiro atoms. The number of rotatable bonds is 5. The fraction of sp³-hybridized carbons (Fsp3) is 0.316. The minimum absolute atomic E-state index is 0.0166. The molecule has 1 aliphatic rings. The summed E-state index contributed by atoms with van der Waals surface area (Å²) in [5, 5.41) is 3.71. The van der Waals surface area contributed by atoms with E-state index in [0.717, 1.165) is 12.8 Å². The number of nitrogens with one attached hydrogen (secondary N) is 1. The third kappa shape index (κ3) is 4.63. The van der Waals surface area contributed by atoms with Gasteiger partial charge in [0.1, 0.15) is 6.04 Å². The SMILES string of the molecule is O=C1NCCCCC1N(Cc1ccccc1Cl)S(=O)(=O)c1ccc(Cl)cc1. The molecule has 2 aromatic carbocycles. The van der Waals surface area contributed by atoms with Crippen LogP contribution in [0.5, 0.6) is 0 Å². The molecule has 2 aromatic rings. The maximum atomic E-state index is 13.4. The van der Waals surface area contributed by atoms with Crippen LogP contribution in [0.25, 0.3) is 0 Å². The number of sulfonamides is 1. The molecule has 0 bridgehead atoms. The Morgan fingerprint density at radius 3 is 2.44 bits per heavy atom. The van der Waals surface area contributed by atoms with Gasteiger partial charge in [-0.3, -0.25) is 4.79 Å². The lowest BCUT2D eigenvalue weighted by Gasteiger charge is -2.29. The Hall–Kier alpha value is -1.60. The van der Waals surface area contributed by atoms with Gasteiger partial charge in [0.25, 0.3) is 0 Å². The topological polar surface area (TPSA) is 66.5 Å². The van der Waals surface area contributed by atoms with Crippen molar-refractivity contribution in [2.75, 3.05) is 6.54 Å². The van der Waals surface area contributed by atoms with Crippen LogP contribution in [0.4, 0.5) is 0 Å². The summed E-state index contributed by atoms with van der Waals surface area (Å²) in [7, 11) is -3.93. The molecule has 0 aliphatic carbocycles. The molecule has 1 aliphatic heterocycles. The second kappa shape index (κ2) is 8.61. The van der Waals surface area contributed by atoms with E-state index in [0.29, 0.717) is 28.6 Å². The highest BCUT2D eigenvalue weighted by Crippen LogP contribution is 2.27. The van der Waals surface area contributed by atoms with Gasteiger partial charge in [-0.2, -0.15) is 4.31 Å². The first-order valence-electron chi connectivity index (χ1n) is 8.68. The lowest BCUT2D eigenvalue weighted by Crippen LogP contribution is -2.48. The van der Waals surface area contributed by atoms with Gasteiger partial charge in [-0.25, -0.2) is 8.42 Å². The van der Waals surface area contributed by atoms with Crippen LogP contribution in [0.1, 0.15) is 24.8 Å². The van der Waals surface area contributed by atoms with E-state index >= 15 is 0 Å². The Kier molecular flexibility index (Phi) is 6.42. The molecule has 0 aromatic heterocycles. The fourth-order valence-electron chi connectivity index (χ4n) is 3.10. The first kappa shape index (κ1) is 20.1. The molecule has 0 saturated carbocycles. The predicted molar refractivity (Wildman–Crippen MR) is 106 cm³/mol. The van der Waals surface area contributed by atoms with Crippen molar-refractivity contribution in [3.63, 3.8) is 0 Å². The summed E-state index contributed by atoms with van der Waals surface area (Å²) in [4.78, 5) is 12.7. The van der Waals surface area contributed by atoms with E-state index in [9.17, 15) is 13.2 Å². The molecule has 144 valence electrons. The molecule has 1 saturated heterocycles. The van der Waals surface area contributed by atoms with E-state index in [1.54, 1.807) is 24.3 Å². The van der Waals surface area contributed by atoms with Gasteiger partial charge in [0.05, 0.1) is 4.90 Å². The number of carbonyl (C=O) groups is 1. The number of benzene rings is 2. The van der Waals surface area contributed by atoms with Crippen molar-refractivity contribution in [3.05, 3.63) is 64.1 Å². The van der Waals surface area contributed by atoms with Crippen molar-refractivity contribution in [1.82, 2.24) is 9.62 Å². The number of amides is 1. The predicted octanol–water partition coefficient (Wildman–Crippen LogP) is 3.85. The molecule has 1 atom stereocenters. The van der Waals surface area contributed by atoms with E-state index in [1.165, 1.54) is 28.6 Å². The van der Waals surface area contributed by atoms with Crippen molar-refractivity contribution >= 4 is 39.1 Å². The normalized spacial score (nSPS) is 18.2. The second-order valence-electron chi connectivity index (χ2n) is 6.40. The van der Waals surface area contributed by atoms with Gasteiger partial charge < -0.3 is 5.32 Å². The third-order valence-electron chi connectivity index (χ3n) is 4.56. The molecular formula is C19H20Cl2N2O3S. The van der Waals surface area contributed by atoms with E-state index in [2.05, 4.69) is 5.32 Å². The van der Waals surface area contributed by atoms with E-state index in [-0.39, 0.29) is 17.3 Å². The highest BCUT2D eigenvalue weighted by molar-refractivity contribution is 7.89. The summed E-state index contributed by atoms with van der Waals surface area (Å²) in [6, 6.07) is 12.2. The van der Waals surface area contributed by atoms with Crippen molar-refractivity contribution in [2.45, 2.75) is 36.7 Å². The summed E-state index contributed by atoms with van der Waals surface area (Å²) >= 11 is 12.1. The number of nitrogens with zero attached hydrogens (tertiary/aromatic N) is 1. The largest absolute Gasteiger partial charge is 0.355 e. The molecule has 8 heteroatoms. The van der Waals surface area contributed by atoms with Crippen molar-refractivity contribution in [3.8, 4) is 0 Å². The molecule has 1 unspecified atom stereocenters. The van der Waals surface area contributed by atoms with Gasteiger partial charge in [0.2, 0.25) is 15.9 Å². The molecular weight excluding hydrogens is 407 g/mol. The number of halogens is 2. The van der Waals surface area contributed by atoms with Gasteiger partial charge in [-0.05, 0) is 55.2 Å². The molecule has 5 nitrogen and oxygen atoms in total. The van der Waals surface area contributed by atoms with Crippen molar-refractivity contribution < 1.29 is 13.2 Å². The minimum Gasteiger partial charge on any atom is -0.355 e. The van der Waals surface area contributed by atoms with Crippen LogP contribution in [0.2, 0.25) is 10.0 Å². The zero-order valence-electron chi connectivity index (χ0n) is 14.6. The van der Waals surface area contributed by atoms with Gasteiger partial charge >= 0.3 is 0 Å². The van der Waals surface area contributed by atoms with Crippen LogP contribution in [0.15, 0.2) is 53.4 Å². The summed E-state index contributed by atoms with van der Waals surface area (Å²) in [5.41, 5.74) is 0.647. The first-order chi connectivity index (χ1) is 12.9. The molecule has 3 rings (SSSR count). The van der Waals surface area contributed by atoms with Crippen LogP contribution >= 0.6 is 23.2 Å².